The molecule has 0 spiro atoms. The molecular weight excluding hydrogens is 434 g/mol. The number of rotatable bonds is 14. The first-order valence-electron chi connectivity index (χ1n) is 9.22. The molecule has 4 atom stereocenters. The fourth-order valence-corrected chi connectivity index (χ4v) is 2.95. The van der Waals surface area contributed by atoms with Crippen molar-refractivity contribution in [1.82, 2.24) is 16.0 Å². The van der Waals surface area contributed by atoms with Crippen LogP contribution in [0.5, 0.6) is 0 Å². The molecule has 0 aromatic heterocycles. The Morgan fingerprint density at radius 3 is 2.00 bits per heavy atom. The Bertz CT molecular complexity index is 634. The minimum atomic E-state index is -1.52. The Morgan fingerprint density at radius 1 is 1.00 bits per heavy atom. The predicted molar refractivity (Wildman–Crippen MR) is 117 cm³/mol. The van der Waals surface area contributed by atoms with Crippen LogP contribution in [0.3, 0.4) is 0 Å². The minimum Gasteiger partial charge on any atom is -0.480 e. The number of carboxylic acid groups (broad SMARTS) is 1. The van der Waals surface area contributed by atoms with Crippen molar-refractivity contribution in [2.24, 2.45) is 17.4 Å². The summed E-state index contributed by atoms with van der Waals surface area (Å²) in [7, 11) is 0. The molecule has 0 aliphatic carbocycles. The molecule has 0 aromatic rings. The lowest BCUT2D eigenvalue weighted by atomic mass is 10.0. The van der Waals surface area contributed by atoms with Crippen molar-refractivity contribution in [3.05, 3.63) is 0 Å². The maximum absolute atomic E-state index is 12.7. The summed E-state index contributed by atoms with van der Waals surface area (Å²) >= 11 is 5.43. The zero-order chi connectivity index (χ0) is 23.4. The molecule has 0 saturated heterocycles. The minimum absolute atomic E-state index is 0.0934. The first kappa shape index (κ1) is 28.0. The molecular formula is C17H31N5O6S2. The number of carbonyl (C=O) groups is 5. The van der Waals surface area contributed by atoms with E-state index in [1.807, 2.05) is 6.26 Å². The Labute approximate surface area is 185 Å². The summed E-state index contributed by atoms with van der Waals surface area (Å²) in [4.78, 5) is 59.7. The van der Waals surface area contributed by atoms with Gasteiger partial charge in [0.15, 0.2) is 0 Å². The number of amides is 4. The topological polar surface area (TPSA) is 194 Å². The second kappa shape index (κ2) is 14.1. The molecule has 0 heterocycles. The summed E-state index contributed by atoms with van der Waals surface area (Å²) in [6, 6.07) is -4.45. The quantitative estimate of drug-likeness (QED) is 0.144. The number of thioether (sulfide) groups is 1. The number of carbonyl (C=O) groups excluding carboxylic acids is 4. The van der Waals surface area contributed by atoms with Crippen molar-refractivity contribution in [1.29, 1.82) is 0 Å². The Balaban J connectivity index is 5.35. The van der Waals surface area contributed by atoms with Gasteiger partial charge in [-0.2, -0.15) is 24.4 Å². The number of hydrogen-bond acceptors (Lipinski definition) is 8. The summed E-state index contributed by atoms with van der Waals surface area (Å²) in [5, 5.41) is 16.5. The third-order valence-electron chi connectivity index (χ3n) is 4.04. The van der Waals surface area contributed by atoms with E-state index in [4.69, 9.17) is 16.6 Å². The van der Waals surface area contributed by atoms with Gasteiger partial charge in [-0.1, -0.05) is 13.8 Å². The lowest BCUT2D eigenvalue weighted by Gasteiger charge is -2.26. The van der Waals surface area contributed by atoms with Gasteiger partial charge in [-0.15, -0.1) is 0 Å². The van der Waals surface area contributed by atoms with E-state index in [1.165, 1.54) is 11.8 Å². The Kier molecular flexibility index (Phi) is 13.2. The van der Waals surface area contributed by atoms with Crippen LogP contribution in [0.4, 0.5) is 0 Å². The fraction of sp³-hybridized carbons (Fsp3) is 0.706. The maximum Gasteiger partial charge on any atom is 0.326 e. The van der Waals surface area contributed by atoms with Crippen LogP contribution in [0.25, 0.3) is 0 Å². The van der Waals surface area contributed by atoms with Gasteiger partial charge in [-0.3, -0.25) is 19.2 Å². The molecule has 0 fully saturated rings. The van der Waals surface area contributed by atoms with Crippen LogP contribution < -0.4 is 27.4 Å². The summed E-state index contributed by atoms with van der Waals surface area (Å²) in [5.41, 5.74) is 10.6. The molecule has 0 saturated carbocycles. The van der Waals surface area contributed by atoms with Crippen molar-refractivity contribution < 1.29 is 29.1 Å². The zero-order valence-electron chi connectivity index (χ0n) is 17.2. The molecule has 30 heavy (non-hydrogen) atoms. The lowest BCUT2D eigenvalue weighted by Crippen LogP contribution is -2.58. The van der Waals surface area contributed by atoms with Gasteiger partial charge in [0, 0.05) is 5.75 Å². The van der Waals surface area contributed by atoms with E-state index >= 15 is 0 Å². The number of carboxylic acids is 1. The Morgan fingerprint density at radius 2 is 1.57 bits per heavy atom. The zero-order valence-corrected chi connectivity index (χ0v) is 18.9. The molecule has 0 aromatic carbocycles. The van der Waals surface area contributed by atoms with Crippen LogP contribution in [-0.2, 0) is 24.0 Å². The van der Waals surface area contributed by atoms with Gasteiger partial charge in [0.25, 0.3) is 0 Å². The smallest absolute Gasteiger partial charge is 0.326 e. The molecule has 11 nitrogen and oxygen atoms in total. The molecule has 0 aliphatic rings. The highest BCUT2D eigenvalue weighted by atomic mass is 32.2. The van der Waals surface area contributed by atoms with Gasteiger partial charge in [0.1, 0.15) is 18.1 Å². The third kappa shape index (κ3) is 10.2. The van der Waals surface area contributed by atoms with Crippen molar-refractivity contribution in [3.8, 4) is 0 Å². The maximum atomic E-state index is 12.7. The second-order valence-electron chi connectivity index (χ2n) is 6.93. The highest BCUT2D eigenvalue weighted by molar-refractivity contribution is 7.98. The highest BCUT2D eigenvalue weighted by Crippen LogP contribution is 2.07. The molecule has 0 radical (unpaired) electrons. The summed E-state index contributed by atoms with van der Waals surface area (Å²) in [6.07, 6.45) is 1.54. The van der Waals surface area contributed by atoms with E-state index in [0.717, 1.165) is 0 Å². The SMILES string of the molecule is CSCCC(NC(=O)C(N)CS)C(=O)NC(C(=O)NC(CC(N)=O)C(=O)O)C(C)C. The van der Waals surface area contributed by atoms with E-state index in [0.29, 0.717) is 12.2 Å². The summed E-state index contributed by atoms with van der Waals surface area (Å²) in [5.74, 6) is -4.02. The first-order valence-corrected chi connectivity index (χ1v) is 11.2. The van der Waals surface area contributed by atoms with Gasteiger partial charge >= 0.3 is 5.97 Å². The van der Waals surface area contributed by atoms with Crippen LogP contribution in [0.1, 0.15) is 26.7 Å². The lowest BCUT2D eigenvalue weighted by molar-refractivity contribution is -0.144. The molecule has 8 N–H and O–H groups in total. The number of primary amides is 1. The fourth-order valence-electron chi connectivity index (χ4n) is 2.32. The summed E-state index contributed by atoms with van der Waals surface area (Å²) < 4.78 is 0. The van der Waals surface area contributed by atoms with Crippen LogP contribution in [-0.4, -0.2) is 76.6 Å². The monoisotopic (exact) mass is 465 g/mol. The molecule has 0 aliphatic heterocycles. The van der Waals surface area contributed by atoms with Crippen molar-refractivity contribution >= 4 is 54.0 Å². The number of nitrogens with two attached hydrogens (primary N) is 2. The number of nitrogens with one attached hydrogen (secondary N) is 3. The van der Waals surface area contributed by atoms with E-state index in [1.54, 1.807) is 13.8 Å². The number of thiol groups is 1. The van der Waals surface area contributed by atoms with Gasteiger partial charge < -0.3 is 32.5 Å². The van der Waals surface area contributed by atoms with Crippen LogP contribution in [0.15, 0.2) is 0 Å². The van der Waals surface area contributed by atoms with E-state index < -0.39 is 66.1 Å². The van der Waals surface area contributed by atoms with Gasteiger partial charge in [-0.05, 0) is 24.3 Å². The molecule has 4 amide bonds. The summed E-state index contributed by atoms with van der Waals surface area (Å²) in [6.45, 7) is 3.31. The predicted octanol–water partition coefficient (Wildman–Crippen LogP) is -1.93. The molecule has 0 bridgehead atoms. The van der Waals surface area contributed by atoms with Crippen molar-refractivity contribution in [3.63, 3.8) is 0 Å². The van der Waals surface area contributed by atoms with Crippen molar-refractivity contribution in [2.75, 3.05) is 17.8 Å². The number of aliphatic carboxylic acids is 1. The second-order valence-corrected chi connectivity index (χ2v) is 8.28. The molecule has 172 valence electrons. The van der Waals surface area contributed by atoms with Gasteiger partial charge in [0.2, 0.25) is 23.6 Å². The Hall–Kier alpha value is -1.99. The van der Waals surface area contributed by atoms with Crippen LogP contribution in [0.2, 0.25) is 0 Å². The third-order valence-corrected chi connectivity index (χ3v) is 5.08. The van der Waals surface area contributed by atoms with Crippen LogP contribution in [0, 0.1) is 5.92 Å². The molecule has 0 rings (SSSR count). The number of hydrogen-bond donors (Lipinski definition) is 7. The van der Waals surface area contributed by atoms with Crippen molar-refractivity contribution in [2.45, 2.75) is 50.9 Å². The largest absolute Gasteiger partial charge is 0.480 e. The standard InChI is InChI=1S/C17H31N5O6S2/c1-8(2)13(16(26)21-11(17(27)28)6-12(19)23)22-15(25)10(4-5-30-3)20-14(24)9(18)7-29/h8-11,13,29H,4-7,18H2,1-3H3,(H2,19,23)(H,20,24)(H,21,26)(H,22,25)(H,27,28). The van der Waals surface area contributed by atoms with E-state index in [2.05, 4.69) is 28.6 Å². The van der Waals surface area contributed by atoms with E-state index in [-0.39, 0.29) is 5.75 Å². The normalized spacial score (nSPS) is 14.9. The molecule has 13 heteroatoms. The van der Waals surface area contributed by atoms with Crippen LogP contribution >= 0.6 is 24.4 Å². The van der Waals surface area contributed by atoms with Gasteiger partial charge in [-0.25, -0.2) is 4.79 Å². The van der Waals surface area contributed by atoms with E-state index in [9.17, 15) is 24.0 Å². The average Bonchev–Trinajstić information content (AvgIpc) is 2.66. The first-order chi connectivity index (χ1) is 13.9. The molecule has 4 unspecified atom stereocenters. The highest BCUT2D eigenvalue weighted by Gasteiger charge is 2.32. The average molecular weight is 466 g/mol. The van der Waals surface area contributed by atoms with Gasteiger partial charge in [0.05, 0.1) is 12.5 Å².